The normalized spacial score (nSPS) is 14.1. The predicted octanol–water partition coefficient (Wildman–Crippen LogP) is 2.59. The molecule has 1 aromatic rings. The summed E-state index contributed by atoms with van der Waals surface area (Å²) in [7, 11) is 0. The maximum absolute atomic E-state index is 9.20. The number of hydrogen-bond donors (Lipinski definition) is 2. The number of phenols is 1. The van der Waals surface area contributed by atoms with Crippen molar-refractivity contribution in [1.82, 2.24) is 5.32 Å². The van der Waals surface area contributed by atoms with Crippen LogP contribution in [0, 0.1) is 17.2 Å². The largest absolute Gasteiger partial charge is 0.508 e. The van der Waals surface area contributed by atoms with Gasteiger partial charge in [-0.15, -0.1) is 0 Å². The molecule has 0 spiro atoms. The van der Waals surface area contributed by atoms with E-state index in [-0.39, 0.29) is 17.7 Å². The minimum absolute atomic E-state index is 0.0196. The van der Waals surface area contributed by atoms with Crippen molar-refractivity contribution in [3.63, 3.8) is 0 Å². The van der Waals surface area contributed by atoms with Crippen LogP contribution in [0.2, 0.25) is 0 Å². The summed E-state index contributed by atoms with van der Waals surface area (Å²) in [5.74, 6) is 0.301. The fourth-order valence-electron chi connectivity index (χ4n) is 1.57. The van der Waals surface area contributed by atoms with Gasteiger partial charge in [0.25, 0.3) is 0 Å². The van der Waals surface area contributed by atoms with E-state index in [0.29, 0.717) is 6.54 Å². The number of aromatic hydroxyl groups is 1. The van der Waals surface area contributed by atoms with Gasteiger partial charge in [-0.05, 0) is 31.0 Å². The molecule has 1 aromatic carbocycles. The lowest BCUT2D eigenvalue weighted by atomic mass is 10.0. The molecule has 3 nitrogen and oxygen atoms in total. The van der Waals surface area contributed by atoms with Gasteiger partial charge >= 0.3 is 0 Å². The molecule has 0 amide bonds. The van der Waals surface area contributed by atoms with Crippen molar-refractivity contribution in [3.8, 4) is 11.8 Å². The summed E-state index contributed by atoms with van der Waals surface area (Å²) >= 11 is 0. The van der Waals surface area contributed by atoms with Crippen molar-refractivity contribution >= 4 is 0 Å². The lowest BCUT2D eigenvalue weighted by molar-refractivity contribution is 0.470. The second kappa shape index (κ2) is 6.14. The number of rotatable bonds is 5. The highest BCUT2D eigenvalue weighted by Crippen LogP contribution is 2.19. The van der Waals surface area contributed by atoms with Crippen LogP contribution in [0.25, 0.3) is 0 Å². The van der Waals surface area contributed by atoms with Gasteiger partial charge in [-0.2, -0.15) is 5.26 Å². The first-order chi connectivity index (χ1) is 7.67. The Bertz CT molecular complexity index is 353. The molecule has 0 fully saturated rings. The molecule has 0 saturated carbocycles. The zero-order chi connectivity index (χ0) is 12.0. The molecule has 0 aliphatic heterocycles. The first kappa shape index (κ1) is 12.5. The van der Waals surface area contributed by atoms with Crippen molar-refractivity contribution in [2.24, 2.45) is 5.92 Å². The predicted molar refractivity (Wildman–Crippen MR) is 63.9 cm³/mol. The fraction of sp³-hybridized carbons (Fsp3) is 0.462. The summed E-state index contributed by atoms with van der Waals surface area (Å²) in [6.07, 6.45) is 0.961. The monoisotopic (exact) mass is 218 g/mol. The van der Waals surface area contributed by atoms with Crippen LogP contribution in [0.15, 0.2) is 24.3 Å². The Morgan fingerprint density at radius 3 is 2.50 bits per heavy atom. The van der Waals surface area contributed by atoms with E-state index in [4.69, 9.17) is 5.26 Å². The summed E-state index contributed by atoms with van der Waals surface area (Å²) in [4.78, 5) is 0. The smallest absolute Gasteiger partial charge is 0.115 e. The van der Waals surface area contributed by atoms with Gasteiger partial charge in [0.1, 0.15) is 5.75 Å². The molecule has 0 saturated heterocycles. The molecule has 0 heterocycles. The average Bonchev–Trinajstić information content (AvgIpc) is 2.31. The third-order valence-corrected chi connectivity index (χ3v) is 2.59. The van der Waals surface area contributed by atoms with Gasteiger partial charge < -0.3 is 10.4 Å². The average molecular weight is 218 g/mol. The van der Waals surface area contributed by atoms with Crippen LogP contribution in [-0.4, -0.2) is 11.7 Å². The maximum atomic E-state index is 9.20. The molecule has 2 unspecified atom stereocenters. The molecule has 2 atom stereocenters. The highest BCUT2D eigenvalue weighted by atomic mass is 16.3. The van der Waals surface area contributed by atoms with Gasteiger partial charge in [0.2, 0.25) is 0 Å². The molecule has 1 rings (SSSR count). The Morgan fingerprint density at radius 2 is 2.00 bits per heavy atom. The van der Waals surface area contributed by atoms with Crippen LogP contribution in [0.5, 0.6) is 5.75 Å². The Kier molecular flexibility index (Phi) is 4.81. The van der Waals surface area contributed by atoms with Crippen molar-refractivity contribution in [2.75, 3.05) is 6.54 Å². The summed E-state index contributed by atoms with van der Waals surface area (Å²) in [5.41, 5.74) is 1.14. The molecule has 0 aromatic heterocycles. The molecule has 0 aliphatic carbocycles. The molecule has 0 radical (unpaired) electrons. The molecule has 3 heteroatoms. The van der Waals surface area contributed by atoms with Crippen molar-refractivity contribution < 1.29 is 5.11 Å². The van der Waals surface area contributed by atoms with Crippen LogP contribution in [0.1, 0.15) is 31.9 Å². The van der Waals surface area contributed by atoms with Gasteiger partial charge in [0.05, 0.1) is 12.0 Å². The van der Waals surface area contributed by atoms with E-state index in [1.54, 1.807) is 12.1 Å². The molecular formula is C13H18N2O. The molecule has 86 valence electrons. The maximum Gasteiger partial charge on any atom is 0.115 e. The van der Waals surface area contributed by atoms with Crippen LogP contribution in [0.3, 0.4) is 0 Å². The Balaban J connectivity index is 2.61. The lowest BCUT2D eigenvalue weighted by Gasteiger charge is -2.18. The topological polar surface area (TPSA) is 56.0 Å². The number of nitrogens with zero attached hydrogens (tertiary/aromatic N) is 1. The highest BCUT2D eigenvalue weighted by molar-refractivity contribution is 5.27. The molecular weight excluding hydrogens is 200 g/mol. The third kappa shape index (κ3) is 3.56. The van der Waals surface area contributed by atoms with Crippen LogP contribution < -0.4 is 5.32 Å². The first-order valence-corrected chi connectivity index (χ1v) is 5.59. The second-order valence-electron chi connectivity index (χ2n) is 3.99. The fourth-order valence-corrected chi connectivity index (χ4v) is 1.57. The molecule has 16 heavy (non-hydrogen) atoms. The van der Waals surface area contributed by atoms with Gasteiger partial charge in [-0.25, -0.2) is 0 Å². The molecule has 0 bridgehead atoms. The number of benzene rings is 1. The van der Waals surface area contributed by atoms with E-state index >= 15 is 0 Å². The summed E-state index contributed by atoms with van der Waals surface area (Å²) in [6.45, 7) is 4.69. The minimum atomic E-state index is 0.0196. The summed E-state index contributed by atoms with van der Waals surface area (Å²) in [6, 6.07) is 9.65. The lowest BCUT2D eigenvalue weighted by Crippen LogP contribution is -2.25. The Labute approximate surface area is 96.7 Å². The van der Waals surface area contributed by atoms with E-state index in [1.165, 1.54) is 0 Å². The van der Waals surface area contributed by atoms with E-state index in [9.17, 15) is 5.11 Å². The van der Waals surface area contributed by atoms with E-state index in [1.807, 2.05) is 19.1 Å². The SMILES string of the molecule is CCC(NCC(C)C#N)c1ccc(O)cc1. The van der Waals surface area contributed by atoms with Gasteiger partial charge in [0, 0.05) is 12.6 Å². The van der Waals surface area contributed by atoms with Gasteiger partial charge in [0.15, 0.2) is 0 Å². The number of phenolic OH excluding ortho intramolecular Hbond substituents is 1. The van der Waals surface area contributed by atoms with Crippen molar-refractivity contribution in [2.45, 2.75) is 26.3 Å². The van der Waals surface area contributed by atoms with Crippen molar-refractivity contribution in [3.05, 3.63) is 29.8 Å². The van der Waals surface area contributed by atoms with E-state index in [0.717, 1.165) is 12.0 Å². The van der Waals surface area contributed by atoms with Crippen LogP contribution in [-0.2, 0) is 0 Å². The van der Waals surface area contributed by atoms with Crippen molar-refractivity contribution in [1.29, 1.82) is 5.26 Å². The summed E-state index contributed by atoms with van der Waals surface area (Å²) in [5, 5.41) is 21.3. The van der Waals surface area contributed by atoms with Crippen LogP contribution in [0.4, 0.5) is 0 Å². The standard InChI is InChI=1S/C13H18N2O/c1-3-13(15-9-10(2)8-14)11-4-6-12(16)7-5-11/h4-7,10,13,15-16H,3,9H2,1-2H3. The Morgan fingerprint density at radius 1 is 1.38 bits per heavy atom. The van der Waals surface area contributed by atoms with E-state index < -0.39 is 0 Å². The second-order valence-corrected chi connectivity index (χ2v) is 3.99. The third-order valence-electron chi connectivity index (χ3n) is 2.59. The van der Waals surface area contributed by atoms with Crippen LogP contribution >= 0.6 is 0 Å². The number of hydrogen-bond acceptors (Lipinski definition) is 3. The minimum Gasteiger partial charge on any atom is -0.508 e. The quantitative estimate of drug-likeness (QED) is 0.798. The number of nitrogens with one attached hydrogen (secondary N) is 1. The van der Waals surface area contributed by atoms with Gasteiger partial charge in [-0.1, -0.05) is 19.1 Å². The highest BCUT2D eigenvalue weighted by Gasteiger charge is 2.09. The van der Waals surface area contributed by atoms with E-state index in [2.05, 4.69) is 18.3 Å². The summed E-state index contributed by atoms with van der Waals surface area (Å²) < 4.78 is 0. The molecule has 0 aliphatic rings. The zero-order valence-electron chi connectivity index (χ0n) is 9.77. The first-order valence-electron chi connectivity index (χ1n) is 5.59. The number of nitriles is 1. The Hall–Kier alpha value is -1.53. The zero-order valence-corrected chi connectivity index (χ0v) is 9.77. The molecule has 2 N–H and O–H groups in total. The van der Waals surface area contributed by atoms with Gasteiger partial charge in [-0.3, -0.25) is 0 Å².